The van der Waals surface area contributed by atoms with E-state index >= 15 is 0 Å². The van der Waals surface area contributed by atoms with Crippen molar-refractivity contribution < 1.29 is 14.7 Å². The third-order valence-corrected chi connectivity index (χ3v) is 1.99. The average Bonchev–Trinajstić information content (AvgIpc) is 2.08. The van der Waals surface area contributed by atoms with Crippen LogP contribution in [0.15, 0.2) is 12.7 Å². The van der Waals surface area contributed by atoms with Crippen LogP contribution in [-0.2, 0) is 9.59 Å². The highest BCUT2D eigenvalue weighted by atomic mass is 16.4. The number of carboxylic acid groups (broad SMARTS) is 1. The van der Waals surface area contributed by atoms with Gasteiger partial charge in [0.25, 0.3) is 0 Å². The summed E-state index contributed by atoms with van der Waals surface area (Å²) in [5.74, 6) is -1.26. The monoisotopic (exact) mass is 213 g/mol. The third-order valence-electron chi connectivity index (χ3n) is 1.99. The van der Waals surface area contributed by atoms with Gasteiger partial charge in [-0.1, -0.05) is 26.8 Å². The molecule has 4 nitrogen and oxygen atoms in total. The standard InChI is InChI=1S/C11H19NO3/c1-5-6-7-8(13)12-9(10(14)15)11(2,3)4/h5,9H,1,6-7H2,2-4H3,(H,12,13)(H,14,15). The van der Waals surface area contributed by atoms with E-state index in [1.807, 2.05) is 0 Å². The zero-order valence-corrected chi connectivity index (χ0v) is 9.54. The molecular weight excluding hydrogens is 194 g/mol. The van der Waals surface area contributed by atoms with Crippen molar-refractivity contribution in [2.45, 2.75) is 39.7 Å². The molecule has 0 aromatic carbocycles. The molecule has 0 spiro atoms. The highest BCUT2D eigenvalue weighted by Crippen LogP contribution is 2.19. The van der Waals surface area contributed by atoms with Crippen molar-refractivity contribution in [1.82, 2.24) is 5.32 Å². The fourth-order valence-corrected chi connectivity index (χ4v) is 1.11. The van der Waals surface area contributed by atoms with Gasteiger partial charge in [0, 0.05) is 6.42 Å². The molecule has 0 aliphatic rings. The molecule has 4 heteroatoms. The molecule has 2 N–H and O–H groups in total. The highest BCUT2D eigenvalue weighted by Gasteiger charge is 2.32. The van der Waals surface area contributed by atoms with Crippen molar-refractivity contribution in [2.75, 3.05) is 0 Å². The first kappa shape index (κ1) is 13.7. The van der Waals surface area contributed by atoms with Gasteiger partial charge in [0.2, 0.25) is 5.91 Å². The molecule has 0 bridgehead atoms. The Bertz CT molecular complexity index is 253. The van der Waals surface area contributed by atoms with Gasteiger partial charge >= 0.3 is 5.97 Å². The van der Waals surface area contributed by atoms with Crippen LogP contribution in [0.5, 0.6) is 0 Å². The maximum absolute atomic E-state index is 11.3. The summed E-state index contributed by atoms with van der Waals surface area (Å²) in [6, 6.07) is -0.852. The zero-order valence-electron chi connectivity index (χ0n) is 9.54. The zero-order chi connectivity index (χ0) is 12.1. The van der Waals surface area contributed by atoms with E-state index in [1.54, 1.807) is 26.8 Å². The largest absolute Gasteiger partial charge is 0.480 e. The van der Waals surface area contributed by atoms with Gasteiger partial charge in [0.1, 0.15) is 6.04 Å². The molecule has 1 unspecified atom stereocenters. The second-order valence-electron chi connectivity index (χ2n) is 4.53. The van der Waals surface area contributed by atoms with Crippen LogP contribution in [0.1, 0.15) is 33.6 Å². The van der Waals surface area contributed by atoms with Gasteiger partial charge < -0.3 is 10.4 Å². The van der Waals surface area contributed by atoms with E-state index in [4.69, 9.17) is 5.11 Å². The molecular formula is C11H19NO3. The SMILES string of the molecule is C=CCCC(=O)NC(C(=O)O)C(C)(C)C. The van der Waals surface area contributed by atoms with Crippen molar-refractivity contribution in [3.05, 3.63) is 12.7 Å². The Kier molecular flexibility index (Phi) is 5.05. The van der Waals surface area contributed by atoms with Gasteiger partial charge in [0.15, 0.2) is 0 Å². The summed E-state index contributed by atoms with van der Waals surface area (Å²) in [7, 11) is 0. The Morgan fingerprint density at radius 1 is 1.47 bits per heavy atom. The summed E-state index contributed by atoms with van der Waals surface area (Å²) < 4.78 is 0. The fourth-order valence-electron chi connectivity index (χ4n) is 1.11. The van der Waals surface area contributed by atoms with Crippen molar-refractivity contribution in [1.29, 1.82) is 0 Å². The summed E-state index contributed by atoms with van der Waals surface area (Å²) >= 11 is 0. The molecule has 0 heterocycles. The number of carbonyl (C=O) groups excluding carboxylic acids is 1. The molecule has 86 valence electrons. The summed E-state index contributed by atoms with van der Waals surface area (Å²) in [5, 5.41) is 11.5. The van der Waals surface area contributed by atoms with Crippen LogP contribution in [0.2, 0.25) is 0 Å². The number of carboxylic acids is 1. The molecule has 0 aromatic heterocycles. The van der Waals surface area contributed by atoms with Gasteiger partial charge in [0.05, 0.1) is 0 Å². The quantitative estimate of drug-likeness (QED) is 0.681. The first-order chi connectivity index (χ1) is 6.79. The van der Waals surface area contributed by atoms with Crippen LogP contribution in [0.4, 0.5) is 0 Å². The van der Waals surface area contributed by atoms with Crippen molar-refractivity contribution in [2.24, 2.45) is 5.41 Å². The van der Waals surface area contributed by atoms with Crippen molar-refractivity contribution >= 4 is 11.9 Å². The average molecular weight is 213 g/mol. The lowest BCUT2D eigenvalue weighted by Crippen LogP contribution is -2.49. The minimum atomic E-state index is -1.01. The molecule has 0 saturated carbocycles. The lowest BCUT2D eigenvalue weighted by atomic mass is 9.86. The summed E-state index contributed by atoms with van der Waals surface area (Å²) in [4.78, 5) is 22.3. The predicted molar refractivity (Wildman–Crippen MR) is 58.5 cm³/mol. The Balaban J connectivity index is 4.37. The van der Waals surface area contributed by atoms with E-state index in [-0.39, 0.29) is 12.3 Å². The molecule has 1 amide bonds. The van der Waals surface area contributed by atoms with E-state index in [0.29, 0.717) is 6.42 Å². The molecule has 0 radical (unpaired) electrons. The molecule has 0 aliphatic carbocycles. The van der Waals surface area contributed by atoms with Gasteiger partial charge in [-0.15, -0.1) is 6.58 Å². The summed E-state index contributed by atoms with van der Waals surface area (Å²) in [6.07, 6.45) is 2.47. The van der Waals surface area contributed by atoms with Crippen LogP contribution in [0, 0.1) is 5.41 Å². The van der Waals surface area contributed by atoms with E-state index in [2.05, 4.69) is 11.9 Å². The topological polar surface area (TPSA) is 66.4 Å². The smallest absolute Gasteiger partial charge is 0.326 e. The molecule has 15 heavy (non-hydrogen) atoms. The van der Waals surface area contributed by atoms with E-state index in [0.717, 1.165) is 0 Å². The first-order valence-electron chi connectivity index (χ1n) is 4.92. The number of hydrogen-bond donors (Lipinski definition) is 2. The second-order valence-corrected chi connectivity index (χ2v) is 4.53. The van der Waals surface area contributed by atoms with Gasteiger partial charge in [-0.25, -0.2) is 4.79 Å². The van der Waals surface area contributed by atoms with Gasteiger partial charge in [-0.2, -0.15) is 0 Å². The van der Waals surface area contributed by atoms with Gasteiger partial charge in [-0.3, -0.25) is 4.79 Å². The number of hydrogen-bond acceptors (Lipinski definition) is 2. The second kappa shape index (κ2) is 5.53. The van der Waals surface area contributed by atoms with E-state index in [9.17, 15) is 9.59 Å². The molecule has 0 rings (SSSR count). The lowest BCUT2D eigenvalue weighted by Gasteiger charge is -2.27. The van der Waals surface area contributed by atoms with E-state index in [1.165, 1.54) is 0 Å². The molecule has 0 saturated heterocycles. The Morgan fingerprint density at radius 2 is 2.00 bits per heavy atom. The van der Waals surface area contributed by atoms with Crippen LogP contribution >= 0.6 is 0 Å². The highest BCUT2D eigenvalue weighted by molar-refractivity contribution is 5.84. The van der Waals surface area contributed by atoms with Crippen LogP contribution in [0.3, 0.4) is 0 Å². The van der Waals surface area contributed by atoms with Crippen molar-refractivity contribution in [3.8, 4) is 0 Å². The van der Waals surface area contributed by atoms with Crippen molar-refractivity contribution in [3.63, 3.8) is 0 Å². The normalized spacial score (nSPS) is 13.0. The molecule has 0 aliphatic heterocycles. The summed E-state index contributed by atoms with van der Waals surface area (Å²) in [6.45, 7) is 8.83. The number of carbonyl (C=O) groups is 2. The van der Waals surface area contributed by atoms with Crippen LogP contribution < -0.4 is 5.32 Å². The molecule has 0 aromatic rings. The van der Waals surface area contributed by atoms with Crippen LogP contribution in [-0.4, -0.2) is 23.0 Å². The Labute approximate surface area is 90.4 Å². The number of nitrogens with one attached hydrogen (secondary N) is 1. The van der Waals surface area contributed by atoms with Crippen LogP contribution in [0.25, 0.3) is 0 Å². The minimum Gasteiger partial charge on any atom is -0.480 e. The minimum absolute atomic E-state index is 0.253. The van der Waals surface area contributed by atoms with Gasteiger partial charge in [-0.05, 0) is 11.8 Å². The number of allylic oxidation sites excluding steroid dienone is 1. The van der Waals surface area contributed by atoms with E-state index < -0.39 is 17.4 Å². The molecule has 0 fully saturated rings. The number of rotatable bonds is 5. The summed E-state index contributed by atoms with van der Waals surface area (Å²) in [5.41, 5.74) is -0.490. The third kappa shape index (κ3) is 5.20. The predicted octanol–water partition coefficient (Wildman–Crippen LogP) is 1.57. The number of amides is 1. The lowest BCUT2D eigenvalue weighted by molar-refractivity contribution is -0.144. The Morgan fingerprint density at radius 3 is 2.33 bits per heavy atom. The fraction of sp³-hybridized carbons (Fsp3) is 0.636. The maximum Gasteiger partial charge on any atom is 0.326 e. The maximum atomic E-state index is 11.3. The number of aliphatic carboxylic acids is 1. The first-order valence-corrected chi connectivity index (χ1v) is 4.92. The molecule has 1 atom stereocenters. The Hall–Kier alpha value is -1.32.